The molecule has 0 atom stereocenters. The largest absolute Gasteiger partial charge is 0.383 e. The highest BCUT2D eigenvalue weighted by atomic mass is 16.5. The first-order valence-corrected chi connectivity index (χ1v) is 11.7. The van der Waals surface area contributed by atoms with Gasteiger partial charge in [-0.25, -0.2) is 0 Å². The molecule has 0 bridgehead atoms. The molecule has 0 unspecified atom stereocenters. The Morgan fingerprint density at radius 3 is 2.44 bits per heavy atom. The van der Waals surface area contributed by atoms with E-state index in [2.05, 4.69) is 75.6 Å². The Hall–Kier alpha value is -2.67. The van der Waals surface area contributed by atoms with Gasteiger partial charge in [0.05, 0.1) is 24.4 Å². The van der Waals surface area contributed by atoms with Gasteiger partial charge in [-0.3, -0.25) is 9.88 Å². The highest BCUT2D eigenvalue weighted by Gasteiger charge is 2.16. The number of hydrogen-bond acceptors (Lipinski definition) is 6. The molecule has 2 fully saturated rings. The van der Waals surface area contributed by atoms with Crippen LogP contribution in [0.1, 0.15) is 0 Å². The van der Waals surface area contributed by atoms with E-state index in [0.717, 1.165) is 76.7 Å². The van der Waals surface area contributed by atoms with Gasteiger partial charge in [0, 0.05) is 75.2 Å². The molecule has 1 aromatic heterocycles. The van der Waals surface area contributed by atoms with Gasteiger partial charge in [-0.2, -0.15) is 0 Å². The number of fused-ring (bicyclic) bond motifs is 1. The molecule has 2 aliphatic heterocycles. The molecule has 2 saturated heterocycles. The van der Waals surface area contributed by atoms with E-state index in [-0.39, 0.29) is 0 Å². The number of rotatable bonds is 6. The average Bonchev–Trinajstić information content (AvgIpc) is 2.85. The monoisotopic (exact) mass is 431 g/mol. The van der Waals surface area contributed by atoms with Gasteiger partial charge >= 0.3 is 0 Å². The number of morpholine rings is 1. The zero-order valence-electron chi connectivity index (χ0n) is 19.0. The van der Waals surface area contributed by atoms with Crippen molar-refractivity contribution in [1.82, 2.24) is 14.8 Å². The summed E-state index contributed by atoms with van der Waals surface area (Å²) in [4.78, 5) is 12.1. The van der Waals surface area contributed by atoms with Crippen LogP contribution >= 0.6 is 0 Å². The zero-order valence-corrected chi connectivity index (χ0v) is 19.0. The highest BCUT2D eigenvalue weighted by Crippen LogP contribution is 2.34. The minimum atomic E-state index is 0.836. The Morgan fingerprint density at radius 1 is 0.906 bits per heavy atom. The van der Waals surface area contributed by atoms with E-state index >= 15 is 0 Å². The molecule has 5 rings (SSSR count). The topological polar surface area (TPSA) is 43.9 Å². The number of benzene rings is 2. The van der Waals surface area contributed by atoms with Crippen molar-refractivity contribution >= 4 is 22.3 Å². The first kappa shape index (κ1) is 21.2. The molecular weight excluding hydrogens is 398 g/mol. The Bertz CT molecular complexity index is 1020. The molecule has 6 heteroatoms. The average molecular weight is 432 g/mol. The van der Waals surface area contributed by atoms with Gasteiger partial charge in [-0.1, -0.05) is 30.3 Å². The lowest BCUT2D eigenvalue weighted by Gasteiger charge is -2.34. The third-order valence-corrected chi connectivity index (χ3v) is 6.66. The maximum absolute atomic E-state index is 5.48. The van der Waals surface area contributed by atoms with Crippen LogP contribution in [0, 0.1) is 0 Å². The number of anilines is 2. The van der Waals surface area contributed by atoms with Crippen LogP contribution in [0.25, 0.3) is 22.0 Å². The summed E-state index contributed by atoms with van der Waals surface area (Å²) in [6.45, 7) is 10.0. The lowest BCUT2D eigenvalue weighted by Crippen LogP contribution is -2.44. The van der Waals surface area contributed by atoms with E-state index in [4.69, 9.17) is 9.72 Å². The molecule has 0 radical (unpaired) electrons. The standard InChI is InChI=1S/C26H33N5O/c1-29-12-14-31(15-13-29)22-8-6-21(7-9-22)24-20-28-25-5-3-2-4-23(25)26(24)27-10-11-30-16-18-32-19-17-30/h2-9,20H,10-19H2,1H3,(H,27,28). The molecule has 2 aliphatic rings. The van der Waals surface area contributed by atoms with Crippen molar-refractivity contribution in [3.8, 4) is 11.1 Å². The van der Waals surface area contributed by atoms with Crippen LogP contribution < -0.4 is 10.2 Å². The van der Waals surface area contributed by atoms with Gasteiger partial charge in [0.15, 0.2) is 0 Å². The minimum absolute atomic E-state index is 0.836. The summed E-state index contributed by atoms with van der Waals surface area (Å²) in [6, 6.07) is 17.4. The number of aromatic nitrogens is 1. The SMILES string of the molecule is CN1CCN(c2ccc(-c3cnc4ccccc4c3NCCN3CCOCC3)cc2)CC1. The molecule has 0 spiro atoms. The molecule has 0 amide bonds. The summed E-state index contributed by atoms with van der Waals surface area (Å²) in [5.41, 5.74) is 5.87. The number of likely N-dealkylation sites (N-methyl/N-ethyl adjacent to an activating group) is 1. The van der Waals surface area contributed by atoms with Gasteiger partial charge in [0.2, 0.25) is 0 Å². The summed E-state index contributed by atoms with van der Waals surface area (Å²) in [5, 5.41) is 4.92. The fraction of sp³-hybridized carbons (Fsp3) is 0.423. The maximum Gasteiger partial charge on any atom is 0.0723 e. The van der Waals surface area contributed by atoms with Crippen LogP contribution in [0.2, 0.25) is 0 Å². The number of para-hydroxylation sites is 1. The summed E-state index contributed by atoms with van der Waals surface area (Å²) in [5.74, 6) is 0. The molecule has 0 saturated carbocycles. The molecule has 32 heavy (non-hydrogen) atoms. The highest BCUT2D eigenvalue weighted by molar-refractivity contribution is 5.99. The van der Waals surface area contributed by atoms with Crippen LogP contribution in [0.3, 0.4) is 0 Å². The molecule has 0 aliphatic carbocycles. The quantitative estimate of drug-likeness (QED) is 0.645. The molecular formula is C26H33N5O. The van der Waals surface area contributed by atoms with Crippen molar-refractivity contribution in [3.63, 3.8) is 0 Å². The molecule has 1 N–H and O–H groups in total. The van der Waals surface area contributed by atoms with E-state index in [0.29, 0.717) is 0 Å². The minimum Gasteiger partial charge on any atom is -0.383 e. The van der Waals surface area contributed by atoms with Crippen LogP contribution in [-0.4, -0.2) is 87.4 Å². The second-order valence-electron chi connectivity index (χ2n) is 8.78. The molecule has 3 heterocycles. The van der Waals surface area contributed by atoms with Crippen LogP contribution in [-0.2, 0) is 4.74 Å². The number of piperazine rings is 1. The van der Waals surface area contributed by atoms with E-state index < -0.39 is 0 Å². The fourth-order valence-corrected chi connectivity index (χ4v) is 4.63. The van der Waals surface area contributed by atoms with Gasteiger partial charge in [0.25, 0.3) is 0 Å². The number of nitrogens with zero attached hydrogens (tertiary/aromatic N) is 4. The second kappa shape index (κ2) is 9.86. The smallest absolute Gasteiger partial charge is 0.0723 e. The van der Waals surface area contributed by atoms with Crippen molar-refractivity contribution in [3.05, 3.63) is 54.7 Å². The lowest BCUT2D eigenvalue weighted by atomic mass is 10.0. The van der Waals surface area contributed by atoms with Crippen molar-refractivity contribution in [2.24, 2.45) is 0 Å². The molecule has 6 nitrogen and oxygen atoms in total. The Balaban J connectivity index is 1.38. The lowest BCUT2D eigenvalue weighted by molar-refractivity contribution is 0.0398. The van der Waals surface area contributed by atoms with Gasteiger partial charge < -0.3 is 19.9 Å². The Kier molecular flexibility index (Phi) is 6.53. The van der Waals surface area contributed by atoms with E-state index in [1.165, 1.54) is 22.3 Å². The van der Waals surface area contributed by atoms with E-state index in [9.17, 15) is 0 Å². The third-order valence-electron chi connectivity index (χ3n) is 6.66. The predicted octanol–water partition coefficient (Wildman–Crippen LogP) is 3.40. The van der Waals surface area contributed by atoms with Gasteiger partial charge in [0.1, 0.15) is 0 Å². The molecule has 2 aromatic carbocycles. The van der Waals surface area contributed by atoms with Crippen LogP contribution in [0.4, 0.5) is 11.4 Å². The maximum atomic E-state index is 5.48. The van der Waals surface area contributed by atoms with Crippen molar-refractivity contribution in [2.75, 3.05) is 82.8 Å². The van der Waals surface area contributed by atoms with Gasteiger partial charge in [-0.15, -0.1) is 0 Å². The summed E-state index contributed by atoms with van der Waals surface area (Å²) < 4.78 is 5.48. The first-order chi connectivity index (χ1) is 15.8. The van der Waals surface area contributed by atoms with E-state index in [1.54, 1.807) is 0 Å². The Labute approximate surface area is 190 Å². The van der Waals surface area contributed by atoms with Crippen LogP contribution in [0.5, 0.6) is 0 Å². The third kappa shape index (κ3) is 4.72. The summed E-state index contributed by atoms with van der Waals surface area (Å²) >= 11 is 0. The van der Waals surface area contributed by atoms with Crippen molar-refractivity contribution in [1.29, 1.82) is 0 Å². The van der Waals surface area contributed by atoms with Crippen LogP contribution in [0.15, 0.2) is 54.7 Å². The summed E-state index contributed by atoms with van der Waals surface area (Å²) in [6.07, 6.45) is 2.02. The Morgan fingerprint density at radius 2 is 1.66 bits per heavy atom. The summed E-state index contributed by atoms with van der Waals surface area (Å²) in [7, 11) is 2.20. The molecule has 168 valence electrons. The van der Waals surface area contributed by atoms with Crippen molar-refractivity contribution < 1.29 is 4.74 Å². The molecule has 3 aromatic rings. The van der Waals surface area contributed by atoms with E-state index in [1.807, 2.05) is 6.20 Å². The van der Waals surface area contributed by atoms with Gasteiger partial charge in [-0.05, 0) is 30.8 Å². The number of pyridine rings is 1. The normalized spacial score (nSPS) is 18.2. The predicted molar refractivity (Wildman–Crippen MR) is 133 cm³/mol. The zero-order chi connectivity index (χ0) is 21.8. The fourth-order valence-electron chi connectivity index (χ4n) is 4.63. The number of nitrogens with one attached hydrogen (secondary N) is 1. The number of ether oxygens (including phenoxy) is 1. The second-order valence-corrected chi connectivity index (χ2v) is 8.78. The van der Waals surface area contributed by atoms with Crippen molar-refractivity contribution in [2.45, 2.75) is 0 Å². The number of hydrogen-bond donors (Lipinski definition) is 1. The first-order valence-electron chi connectivity index (χ1n) is 11.7.